The molecule has 0 spiro atoms. The summed E-state index contributed by atoms with van der Waals surface area (Å²) in [6, 6.07) is 14.1. The third kappa shape index (κ3) is 6.66. The number of benzene rings is 2. The van der Waals surface area contributed by atoms with E-state index in [0.29, 0.717) is 34.3 Å². The van der Waals surface area contributed by atoms with Gasteiger partial charge in [0.25, 0.3) is 5.56 Å². The number of nitrogens with zero attached hydrogens (tertiary/aromatic N) is 4. The zero-order chi connectivity index (χ0) is 29.1. The number of rotatable bonds is 8. The van der Waals surface area contributed by atoms with E-state index in [2.05, 4.69) is 27.2 Å². The van der Waals surface area contributed by atoms with Crippen LogP contribution in [0.2, 0.25) is 5.02 Å². The SMILES string of the molecule is CC(C)NC(=O)Cn1c(-c2cccc(Cl)c2)nc2ncc(-c3cc(CN(C)C4CCCCC4)ccc3F)cc2c1=O. The molecule has 1 amide bonds. The van der Waals surface area contributed by atoms with Gasteiger partial charge < -0.3 is 5.32 Å². The van der Waals surface area contributed by atoms with E-state index in [1.165, 1.54) is 42.7 Å². The average Bonchev–Trinajstić information content (AvgIpc) is 2.95. The standard InChI is InChI=1S/C32H35ClFN5O2/c1-20(2)36-29(40)19-39-31(22-8-7-9-24(33)15-22)37-30-27(32(39)41)16-23(17-35-30)26-14-21(12-13-28(26)34)18-38(3)25-10-5-4-6-11-25/h7-9,12-17,20,25H,4-6,10-11,18-19H2,1-3H3,(H,36,40). The van der Waals surface area contributed by atoms with Crippen molar-refractivity contribution < 1.29 is 9.18 Å². The normalized spacial score (nSPS) is 14.2. The van der Waals surface area contributed by atoms with Crippen LogP contribution < -0.4 is 10.9 Å². The van der Waals surface area contributed by atoms with Crippen molar-refractivity contribution in [3.8, 4) is 22.5 Å². The van der Waals surface area contributed by atoms with Crippen LogP contribution in [0.3, 0.4) is 0 Å². The number of pyridine rings is 1. The summed E-state index contributed by atoms with van der Waals surface area (Å²) in [5.74, 6) is -0.435. The van der Waals surface area contributed by atoms with Gasteiger partial charge in [-0.05, 0) is 69.6 Å². The van der Waals surface area contributed by atoms with Crippen LogP contribution in [0.5, 0.6) is 0 Å². The zero-order valence-electron chi connectivity index (χ0n) is 23.7. The van der Waals surface area contributed by atoms with Gasteiger partial charge in [0.15, 0.2) is 5.65 Å². The fourth-order valence-corrected chi connectivity index (χ4v) is 5.78. The van der Waals surface area contributed by atoms with Gasteiger partial charge in [-0.15, -0.1) is 0 Å². The molecule has 1 N–H and O–H groups in total. The topological polar surface area (TPSA) is 80.1 Å². The highest BCUT2D eigenvalue weighted by Gasteiger charge is 2.20. The molecule has 0 bridgehead atoms. The quantitative estimate of drug-likeness (QED) is 0.270. The Bertz CT molecular complexity index is 1630. The maximum absolute atomic E-state index is 15.1. The lowest BCUT2D eigenvalue weighted by molar-refractivity contribution is -0.122. The Morgan fingerprint density at radius 3 is 2.63 bits per heavy atom. The van der Waals surface area contributed by atoms with Gasteiger partial charge in [0.1, 0.15) is 18.2 Å². The molecule has 1 saturated carbocycles. The lowest BCUT2D eigenvalue weighted by Gasteiger charge is -2.31. The molecular weight excluding hydrogens is 541 g/mol. The third-order valence-electron chi connectivity index (χ3n) is 7.62. The number of carbonyl (C=O) groups is 1. The lowest BCUT2D eigenvalue weighted by Crippen LogP contribution is -2.37. The summed E-state index contributed by atoms with van der Waals surface area (Å²) < 4.78 is 16.5. The van der Waals surface area contributed by atoms with Gasteiger partial charge in [-0.2, -0.15) is 0 Å². The van der Waals surface area contributed by atoms with E-state index in [4.69, 9.17) is 11.6 Å². The Morgan fingerprint density at radius 2 is 1.90 bits per heavy atom. The number of halogens is 2. The van der Waals surface area contributed by atoms with E-state index in [1.807, 2.05) is 26.0 Å². The van der Waals surface area contributed by atoms with E-state index >= 15 is 4.39 Å². The average molecular weight is 576 g/mol. The van der Waals surface area contributed by atoms with Gasteiger partial charge in [-0.3, -0.25) is 19.1 Å². The number of amides is 1. The van der Waals surface area contributed by atoms with Crippen LogP contribution in [0.15, 0.2) is 59.5 Å². The Balaban J connectivity index is 1.55. The molecule has 0 aliphatic heterocycles. The fourth-order valence-electron chi connectivity index (χ4n) is 5.59. The number of aromatic nitrogens is 3. The van der Waals surface area contributed by atoms with E-state index in [9.17, 15) is 9.59 Å². The minimum Gasteiger partial charge on any atom is -0.352 e. The molecule has 1 aliphatic rings. The molecule has 41 heavy (non-hydrogen) atoms. The van der Waals surface area contributed by atoms with Crippen LogP contribution in [-0.4, -0.2) is 44.5 Å². The molecule has 1 aliphatic carbocycles. The summed E-state index contributed by atoms with van der Waals surface area (Å²) in [5, 5.41) is 3.50. The molecule has 2 heterocycles. The van der Waals surface area contributed by atoms with Crippen molar-refractivity contribution >= 4 is 28.5 Å². The molecule has 9 heteroatoms. The van der Waals surface area contributed by atoms with Gasteiger partial charge in [-0.1, -0.05) is 49.1 Å². The maximum Gasteiger partial charge on any atom is 0.263 e. The first kappa shape index (κ1) is 28.9. The van der Waals surface area contributed by atoms with Crippen molar-refractivity contribution in [1.29, 1.82) is 0 Å². The molecule has 0 atom stereocenters. The van der Waals surface area contributed by atoms with E-state index < -0.39 is 11.4 Å². The minimum absolute atomic E-state index is 0.0954. The van der Waals surface area contributed by atoms with Gasteiger partial charge >= 0.3 is 0 Å². The number of carbonyl (C=O) groups excluding carboxylic acids is 1. The van der Waals surface area contributed by atoms with Gasteiger partial charge in [0, 0.05) is 46.5 Å². The highest BCUT2D eigenvalue weighted by atomic mass is 35.5. The summed E-state index contributed by atoms with van der Waals surface area (Å²) in [4.78, 5) is 38.1. The van der Waals surface area contributed by atoms with Gasteiger partial charge in [-0.25, -0.2) is 14.4 Å². The summed E-state index contributed by atoms with van der Waals surface area (Å²) in [6.07, 6.45) is 7.70. The van der Waals surface area contributed by atoms with Crippen molar-refractivity contribution in [3.05, 3.63) is 81.5 Å². The summed E-state index contributed by atoms with van der Waals surface area (Å²) in [7, 11) is 2.12. The first-order chi connectivity index (χ1) is 19.7. The molecule has 0 unspecified atom stereocenters. The van der Waals surface area contributed by atoms with Crippen molar-refractivity contribution in [1.82, 2.24) is 24.8 Å². The highest BCUT2D eigenvalue weighted by molar-refractivity contribution is 6.30. The Labute approximate surface area is 244 Å². The molecule has 0 radical (unpaired) electrons. The van der Waals surface area contributed by atoms with Crippen LogP contribution in [0.4, 0.5) is 4.39 Å². The number of nitrogens with one attached hydrogen (secondary N) is 1. The fraction of sp³-hybridized carbons (Fsp3) is 0.375. The van der Waals surface area contributed by atoms with Crippen molar-refractivity contribution in [2.45, 2.75) is 71.1 Å². The first-order valence-electron chi connectivity index (χ1n) is 14.1. The molecule has 2 aromatic heterocycles. The highest BCUT2D eigenvalue weighted by Crippen LogP contribution is 2.28. The van der Waals surface area contributed by atoms with E-state index in [0.717, 1.165) is 5.56 Å². The summed E-state index contributed by atoms with van der Waals surface area (Å²) in [5.41, 5.74) is 2.20. The molecule has 0 saturated heterocycles. The Kier molecular flexibility index (Phi) is 8.80. The Morgan fingerprint density at radius 1 is 1.12 bits per heavy atom. The second-order valence-electron chi connectivity index (χ2n) is 11.2. The molecule has 5 rings (SSSR count). The number of fused-ring (bicyclic) bond motifs is 1. The first-order valence-corrected chi connectivity index (χ1v) is 14.5. The van der Waals surface area contributed by atoms with Crippen molar-refractivity contribution in [3.63, 3.8) is 0 Å². The molecule has 1 fully saturated rings. The second kappa shape index (κ2) is 12.5. The molecular formula is C32H35ClFN5O2. The van der Waals surface area contributed by atoms with Gasteiger partial charge in [0.05, 0.1) is 5.39 Å². The number of hydrogen-bond donors (Lipinski definition) is 1. The third-order valence-corrected chi connectivity index (χ3v) is 7.85. The second-order valence-corrected chi connectivity index (χ2v) is 11.6. The predicted octanol–water partition coefficient (Wildman–Crippen LogP) is 6.21. The molecule has 214 valence electrons. The van der Waals surface area contributed by atoms with Crippen molar-refractivity contribution in [2.75, 3.05) is 7.05 Å². The Hall–Kier alpha value is -3.62. The maximum atomic E-state index is 15.1. The van der Waals surface area contributed by atoms with Crippen molar-refractivity contribution in [2.24, 2.45) is 0 Å². The monoisotopic (exact) mass is 575 g/mol. The molecule has 4 aromatic rings. The van der Waals surface area contributed by atoms with Crippen LogP contribution in [0.1, 0.15) is 51.5 Å². The van der Waals surface area contributed by atoms with E-state index in [-0.39, 0.29) is 35.4 Å². The van der Waals surface area contributed by atoms with Crippen LogP contribution in [0, 0.1) is 5.82 Å². The lowest BCUT2D eigenvalue weighted by atomic mass is 9.94. The minimum atomic E-state index is -0.438. The summed E-state index contributed by atoms with van der Waals surface area (Å²) >= 11 is 6.22. The molecule has 7 nitrogen and oxygen atoms in total. The van der Waals surface area contributed by atoms with E-state index in [1.54, 1.807) is 36.5 Å². The smallest absolute Gasteiger partial charge is 0.263 e. The number of hydrogen-bond acceptors (Lipinski definition) is 5. The predicted molar refractivity (Wildman–Crippen MR) is 161 cm³/mol. The van der Waals surface area contributed by atoms with Crippen LogP contribution >= 0.6 is 11.6 Å². The zero-order valence-corrected chi connectivity index (χ0v) is 24.4. The largest absolute Gasteiger partial charge is 0.352 e. The summed E-state index contributed by atoms with van der Waals surface area (Å²) in [6.45, 7) is 4.18. The van der Waals surface area contributed by atoms with Crippen LogP contribution in [-0.2, 0) is 17.9 Å². The molecule has 2 aromatic carbocycles. The van der Waals surface area contributed by atoms with Gasteiger partial charge in [0.2, 0.25) is 5.91 Å². The van der Waals surface area contributed by atoms with Crippen LogP contribution in [0.25, 0.3) is 33.5 Å².